The SMILES string of the molecule is C[Si](C)(COC(=O)/C=C/C(=O)O)COC(=O)/C=C/C(=O)O. The molecule has 0 bridgehead atoms. The Morgan fingerprint density at radius 2 is 1.14 bits per heavy atom. The molecule has 0 atom stereocenters. The molecule has 0 aromatic heterocycles. The fraction of sp³-hybridized carbons (Fsp3) is 0.333. The van der Waals surface area contributed by atoms with Crippen molar-refractivity contribution in [1.29, 1.82) is 0 Å². The van der Waals surface area contributed by atoms with E-state index in [2.05, 4.69) is 0 Å². The van der Waals surface area contributed by atoms with Gasteiger partial charge in [0.2, 0.25) is 0 Å². The Morgan fingerprint density at radius 1 is 0.810 bits per heavy atom. The maximum absolute atomic E-state index is 11.2. The number of carboxylic acid groups (broad SMARTS) is 2. The van der Waals surface area contributed by atoms with E-state index in [4.69, 9.17) is 19.7 Å². The van der Waals surface area contributed by atoms with E-state index in [1.165, 1.54) is 0 Å². The van der Waals surface area contributed by atoms with E-state index in [9.17, 15) is 19.2 Å². The highest BCUT2D eigenvalue weighted by Crippen LogP contribution is 2.04. The standard InChI is InChI=1S/C12H16O8Si/c1-21(2,7-19-11(17)5-3-9(13)14)8-20-12(18)6-4-10(15)16/h3-6H,7-8H2,1-2H3,(H,13,14)(H,15,16)/b5-3+,6-4+. The average molecular weight is 316 g/mol. The van der Waals surface area contributed by atoms with E-state index in [0.29, 0.717) is 12.2 Å². The van der Waals surface area contributed by atoms with Crippen molar-refractivity contribution in [3.63, 3.8) is 0 Å². The Bertz CT molecular complexity index is 436. The second-order valence-electron chi connectivity index (χ2n) is 4.72. The third-order valence-corrected chi connectivity index (χ3v) is 3.79. The van der Waals surface area contributed by atoms with Crippen LogP contribution < -0.4 is 0 Å². The molecule has 116 valence electrons. The zero-order valence-corrected chi connectivity index (χ0v) is 12.6. The maximum Gasteiger partial charge on any atom is 0.330 e. The van der Waals surface area contributed by atoms with Gasteiger partial charge in [0.05, 0.1) is 12.5 Å². The minimum absolute atomic E-state index is 0.0334. The van der Waals surface area contributed by atoms with Crippen LogP contribution in [0.15, 0.2) is 24.3 Å². The molecule has 8 nitrogen and oxygen atoms in total. The third kappa shape index (κ3) is 11.1. The number of aliphatic carboxylic acids is 2. The number of carboxylic acids is 2. The average Bonchev–Trinajstić information content (AvgIpc) is 2.38. The van der Waals surface area contributed by atoms with E-state index < -0.39 is 32.0 Å². The summed E-state index contributed by atoms with van der Waals surface area (Å²) in [7, 11) is -2.19. The molecule has 0 unspecified atom stereocenters. The van der Waals surface area contributed by atoms with E-state index in [0.717, 1.165) is 12.2 Å². The molecule has 0 heterocycles. The van der Waals surface area contributed by atoms with Gasteiger partial charge < -0.3 is 19.7 Å². The minimum Gasteiger partial charge on any atom is -0.478 e. The van der Waals surface area contributed by atoms with Crippen LogP contribution in [0.1, 0.15) is 0 Å². The molecule has 2 N–H and O–H groups in total. The molecular formula is C12H16O8Si. The summed E-state index contributed by atoms with van der Waals surface area (Å²) in [5, 5.41) is 16.7. The van der Waals surface area contributed by atoms with Crippen molar-refractivity contribution < 1.29 is 38.9 Å². The second kappa shape index (κ2) is 8.69. The molecule has 0 aromatic carbocycles. The normalized spacial score (nSPS) is 11.5. The largest absolute Gasteiger partial charge is 0.478 e. The van der Waals surface area contributed by atoms with Gasteiger partial charge in [-0.3, -0.25) is 0 Å². The molecular weight excluding hydrogens is 300 g/mol. The summed E-state index contributed by atoms with van der Waals surface area (Å²) in [4.78, 5) is 42.8. The van der Waals surface area contributed by atoms with Gasteiger partial charge >= 0.3 is 23.9 Å². The van der Waals surface area contributed by atoms with Gasteiger partial charge in [-0.05, 0) is 0 Å². The summed E-state index contributed by atoms with van der Waals surface area (Å²) in [6, 6.07) is 0. The molecule has 0 fully saturated rings. The lowest BCUT2D eigenvalue weighted by Gasteiger charge is -2.20. The molecule has 0 saturated carbocycles. The molecule has 0 amide bonds. The smallest absolute Gasteiger partial charge is 0.330 e. The number of hydrogen-bond acceptors (Lipinski definition) is 6. The first kappa shape index (κ1) is 18.6. The van der Waals surface area contributed by atoms with Crippen molar-refractivity contribution in [3.8, 4) is 0 Å². The van der Waals surface area contributed by atoms with Crippen LogP contribution in [-0.4, -0.2) is 54.6 Å². The first-order chi connectivity index (χ1) is 9.62. The fourth-order valence-corrected chi connectivity index (χ4v) is 2.10. The summed E-state index contributed by atoms with van der Waals surface area (Å²) >= 11 is 0. The van der Waals surface area contributed by atoms with Crippen LogP contribution in [0.4, 0.5) is 0 Å². The third-order valence-electron chi connectivity index (χ3n) is 1.93. The van der Waals surface area contributed by atoms with Gasteiger partial charge in [-0.15, -0.1) is 0 Å². The van der Waals surface area contributed by atoms with E-state index in [1.54, 1.807) is 13.1 Å². The zero-order chi connectivity index (χ0) is 16.5. The van der Waals surface area contributed by atoms with Crippen LogP contribution >= 0.6 is 0 Å². The van der Waals surface area contributed by atoms with Crippen LogP contribution in [0, 0.1) is 0 Å². The van der Waals surface area contributed by atoms with Crippen LogP contribution in [0.5, 0.6) is 0 Å². The summed E-state index contributed by atoms with van der Waals surface area (Å²) in [5.74, 6) is -4.12. The number of rotatable bonds is 8. The van der Waals surface area contributed by atoms with Crippen LogP contribution in [0.2, 0.25) is 13.1 Å². The van der Waals surface area contributed by atoms with Gasteiger partial charge in [-0.25, -0.2) is 19.2 Å². The molecule has 0 spiro atoms. The van der Waals surface area contributed by atoms with E-state index in [1.807, 2.05) is 0 Å². The fourth-order valence-electron chi connectivity index (χ4n) is 0.950. The molecule has 0 aliphatic heterocycles. The van der Waals surface area contributed by atoms with Crippen LogP contribution in [-0.2, 0) is 28.7 Å². The Kier molecular flexibility index (Phi) is 7.69. The number of carbonyl (C=O) groups is 4. The van der Waals surface area contributed by atoms with Crippen molar-refractivity contribution in [2.45, 2.75) is 13.1 Å². The Hall–Kier alpha value is -2.42. The monoisotopic (exact) mass is 316 g/mol. The Labute approximate surface area is 121 Å². The lowest BCUT2D eigenvalue weighted by molar-refractivity contribution is -0.138. The van der Waals surface area contributed by atoms with Crippen molar-refractivity contribution >= 4 is 32.0 Å². The van der Waals surface area contributed by atoms with Gasteiger partial charge in [0.15, 0.2) is 0 Å². The predicted octanol–water partition coefficient (Wildman–Crippen LogP) is 0.141. The van der Waals surface area contributed by atoms with Crippen molar-refractivity contribution in [3.05, 3.63) is 24.3 Å². The summed E-state index contributed by atoms with van der Waals surface area (Å²) in [5.41, 5.74) is 0. The van der Waals surface area contributed by atoms with Gasteiger partial charge in [-0.2, -0.15) is 0 Å². The van der Waals surface area contributed by atoms with Crippen LogP contribution in [0.25, 0.3) is 0 Å². The second-order valence-corrected chi connectivity index (χ2v) is 9.63. The minimum atomic E-state index is -2.19. The van der Waals surface area contributed by atoms with Gasteiger partial charge in [-0.1, -0.05) is 13.1 Å². The molecule has 0 aliphatic carbocycles. The number of ether oxygens (including phenoxy) is 2. The molecule has 0 aromatic rings. The lowest BCUT2D eigenvalue weighted by atomic mass is 10.5. The van der Waals surface area contributed by atoms with E-state index >= 15 is 0 Å². The summed E-state index contributed by atoms with van der Waals surface area (Å²) in [6.45, 7) is 3.57. The van der Waals surface area contributed by atoms with Crippen LogP contribution in [0.3, 0.4) is 0 Å². The lowest BCUT2D eigenvalue weighted by Crippen LogP contribution is -2.40. The van der Waals surface area contributed by atoms with Gasteiger partial charge in [0.1, 0.15) is 8.07 Å². The number of carbonyl (C=O) groups excluding carboxylic acids is 2. The summed E-state index contributed by atoms with van der Waals surface area (Å²) in [6.07, 6.45) is 2.96. The number of esters is 2. The van der Waals surface area contributed by atoms with E-state index in [-0.39, 0.29) is 12.5 Å². The molecule has 9 heteroatoms. The molecule has 21 heavy (non-hydrogen) atoms. The van der Waals surface area contributed by atoms with Gasteiger partial charge in [0, 0.05) is 24.3 Å². The van der Waals surface area contributed by atoms with Crippen molar-refractivity contribution in [2.75, 3.05) is 12.5 Å². The highest BCUT2D eigenvalue weighted by Gasteiger charge is 2.25. The molecule has 0 aliphatic rings. The van der Waals surface area contributed by atoms with Gasteiger partial charge in [0.25, 0.3) is 0 Å². The molecule has 0 radical (unpaired) electrons. The van der Waals surface area contributed by atoms with Crippen molar-refractivity contribution in [2.24, 2.45) is 0 Å². The molecule has 0 rings (SSSR count). The quantitative estimate of drug-likeness (QED) is 0.368. The highest BCUT2D eigenvalue weighted by molar-refractivity contribution is 6.77. The predicted molar refractivity (Wildman–Crippen MR) is 73.0 cm³/mol. The highest BCUT2D eigenvalue weighted by atomic mass is 28.3. The zero-order valence-electron chi connectivity index (χ0n) is 11.6. The first-order valence-corrected chi connectivity index (χ1v) is 9.19. The maximum atomic E-state index is 11.2. The Morgan fingerprint density at radius 3 is 1.43 bits per heavy atom. The topological polar surface area (TPSA) is 127 Å². The molecule has 0 saturated heterocycles. The first-order valence-electron chi connectivity index (χ1n) is 5.78. The summed E-state index contributed by atoms with van der Waals surface area (Å²) < 4.78 is 9.71. The van der Waals surface area contributed by atoms with Crippen molar-refractivity contribution in [1.82, 2.24) is 0 Å². The Balaban J connectivity index is 4.20. The number of hydrogen-bond donors (Lipinski definition) is 2.